The van der Waals surface area contributed by atoms with Crippen LogP contribution in [0.4, 0.5) is 5.69 Å². The first-order valence-corrected chi connectivity index (χ1v) is 9.75. The van der Waals surface area contributed by atoms with Gasteiger partial charge in [0.05, 0.1) is 26.5 Å². The summed E-state index contributed by atoms with van der Waals surface area (Å²) in [4.78, 5) is 19.8. The topological polar surface area (TPSA) is 51.1 Å². The minimum atomic E-state index is 0.0526. The fraction of sp³-hybridized carbons (Fsp3) is 0.391. The number of hydrogen-bond acceptors (Lipinski definition) is 5. The Bertz CT molecular complexity index is 843. The van der Waals surface area contributed by atoms with Gasteiger partial charge in [-0.3, -0.25) is 9.79 Å². The lowest BCUT2D eigenvalue weighted by Crippen LogP contribution is -2.36. The molecule has 0 radical (unpaired) electrons. The minimum absolute atomic E-state index is 0.0526. The van der Waals surface area contributed by atoms with E-state index < -0.39 is 0 Å². The van der Waals surface area contributed by atoms with Gasteiger partial charge in [-0.1, -0.05) is 36.2 Å². The predicted octanol–water partition coefficient (Wildman–Crippen LogP) is 4.67. The van der Waals surface area contributed by atoms with E-state index in [0.717, 1.165) is 55.1 Å². The quantitative estimate of drug-likeness (QED) is 0.683. The van der Waals surface area contributed by atoms with E-state index in [1.54, 1.807) is 14.2 Å². The Hall–Kier alpha value is -2.82. The molecule has 1 aliphatic rings. The number of hydrogen-bond donors (Lipinski definition) is 0. The second-order valence-corrected chi connectivity index (χ2v) is 7.02. The van der Waals surface area contributed by atoms with Gasteiger partial charge in [0.15, 0.2) is 5.78 Å². The number of carbonyl (C=O) groups excluding carboxylic acids is 1. The molecule has 3 rings (SSSR count). The number of amidine groups is 1. The number of benzene rings is 2. The highest BCUT2D eigenvalue weighted by Gasteiger charge is 2.23. The summed E-state index contributed by atoms with van der Waals surface area (Å²) in [7, 11) is 3.27. The van der Waals surface area contributed by atoms with E-state index in [4.69, 9.17) is 14.5 Å². The van der Waals surface area contributed by atoms with Crippen LogP contribution in [0.25, 0.3) is 0 Å². The molecule has 0 saturated heterocycles. The largest absolute Gasteiger partial charge is 0.497 e. The number of aryl methyl sites for hydroxylation is 1. The van der Waals surface area contributed by atoms with Crippen LogP contribution in [0.2, 0.25) is 0 Å². The van der Waals surface area contributed by atoms with Crippen molar-refractivity contribution in [3.05, 3.63) is 53.6 Å². The molecule has 5 nitrogen and oxygen atoms in total. The number of nitrogens with zero attached hydrogens (tertiary/aromatic N) is 2. The maximum Gasteiger partial charge on any atom is 0.182 e. The Morgan fingerprint density at radius 3 is 2.54 bits per heavy atom. The van der Waals surface area contributed by atoms with Crippen LogP contribution < -0.4 is 14.4 Å². The number of ether oxygens (including phenoxy) is 2. The van der Waals surface area contributed by atoms with Crippen molar-refractivity contribution < 1.29 is 14.3 Å². The average molecular weight is 380 g/mol. The first-order valence-electron chi connectivity index (χ1n) is 9.75. The molecule has 28 heavy (non-hydrogen) atoms. The minimum Gasteiger partial charge on any atom is -0.497 e. The van der Waals surface area contributed by atoms with Crippen molar-refractivity contribution in [2.24, 2.45) is 4.99 Å². The Kier molecular flexibility index (Phi) is 6.69. The summed E-state index contributed by atoms with van der Waals surface area (Å²) >= 11 is 0. The van der Waals surface area contributed by atoms with Gasteiger partial charge in [0, 0.05) is 24.6 Å². The smallest absolute Gasteiger partial charge is 0.182 e. The van der Waals surface area contributed by atoms with Crippen LogP contribution >= 0.6 is 0 Å². The van der Waals surface area contributed by atoms with Crippen molar-refractivity contribution in [1.29, 1.82) is 0 Å². The molecular weight excluding hydrogens is 352 g/mol. The summed E-state index contributed by atoms with van der Waals surface area (Å²) in [6, 6.07) is 13.3. The molecule has 0 aliphatic carbocycles. The summed E-state index contributed by atoms with van der Waals surface area (Å²) in [6.45, 7) is 3.02. The van der Waals surface area contributed by atoms with Gasteiger partial charge in [-0.15, -0.1) is 0 Å². The Morgan fingerprint density at radius 2 is 1.82 bits per heavy atom. The number of aliphatic imine (C=N–C) groups is 1. The highest BCUT2D eigenvalue weighted by Crippen LogP contribution is 2.33. The predicted molar refractivity (Wildman–Crippen MR) is 113 cm³/mol. The number of ketones is 1. The van der Waals surface area contributed by atoms with Gasteiger partial charge in [0.25, 0.3) is 0 Å². The number of methoxy groups -OCH3 is 2. The molecule has 5 heteroatoms. The molecule has 0 bridgehead atoms. The molecule has 148 valence electrons. The van der Waals surface area contributed by atoms with E-state index in [1.165, 1.54) is 0 Å². The number of anilines is 1. The molecule has 2 aromatic carbocycles. The molecule has 0 unspecified atom stereocenters. The van der Waals surface area contributed by atoms with Crippen LogP contribution in [0.15, 0.2) is 47.5 Å². The van der Waals surface area contributed by atoms with Crippen molar-refractivity contribution in [1.82, 2.24) is 0 Å². The van der Waals surface area contributed by atoms with Crippen molar-refractivity contribution in [3.8, 4) is 11.5 Å². The van der Waals surface area contributed by atoms with Crippen LogP contribution in [0, 0.1) is 6.92 Å². The zero-order valence-corrected chi connectivity index (χ0v) is 16.9. The van der Waals surface area contributed by atoms with E-state index in [9.17, 15) is 4.79 Å². The van der Waals surface area contributed by atoms with Crippen molar-refractivity contribution >= 4 is 17.3 Å². The van der Waals surface area contributed by atoms with E-state index in [-0.39, 0.29) is 12.3 Å². The lowest BCUT2D eigenvalue weighted by Gasteiger charge is -2.27. The van der Waals surface area contributed by atoms with Gasteiger partial charge in [-0.25, -0.2) is 0 Å². The monoisotopic (exact) mass is 380 g/mol. The third-order valence-electron chi connectivity index (χ3n) is 5.02. The average Bonchev–Trinajstić information content (AvgIpc) is 3.01. The fourth-order valence-corrected chi connectivity index (χ4v) is 3.38. The molecule has 0 N–H and O–H groups in total. The normalized spacial score (nSPS) is 14.0. The summed E-state index contributed by atoms with van der Waals surface area (Å²) in [5.74, 6) is 2.41. The van der Waals surface area contributed by atoms with Crippen molar-refractivity contribution in [2.75, 3.05) is 32.2 Å². The van der Waals surface area contributed by atoms with E-state index in [1.807, 2.05) is 54.3 Å². The molecule has 0 amide bonds. The number of Topliss-reactive ketones (excluding diaryl/α,β-unsaturated/α-hetero) is 1. The number of rotatable bonds is 6. The zero-order chi connectivity index (χ0) is 19.9. The van der Waals surface area contributed by atoms with Crippen LogP contribution in [0.1, 0.15) is 41.6 Å². The first-order chi connectivity index (χ1) is 13.6. The Labute approximate surface area is 167 Å². The highest BCUT2D eigenvalue weighted by atomic mass is 16.5. The van der Waals surface area contributed by atoms with E-state index in [2.05, 4.69) is 0 Å². The second-order valence-electron chi connectivity index (χ2n) is 7.02. The molecule has 0 fully saturated rings. The molecule has 2 aromatic rings. The second kappa shape index (κ2) is 9.40. The van der Waals surface area contributed by atoms with Gasteiger partial charge >= 0.3 is 0 Å². The molecule has 0 saturated carbocycles. The van der Waals surface area contributed by atoms with Gasteiger partial charge in [-0.2, -0.15) is 0 Å². The standard InChI is InChI=1S/C23H28N2O3/c1-17-8-10-18(11-9-17)21(26)16-25(23-7-5-4-6-14-24-23)20-15-19(27-2)12-13-22(20)28-3/h8-13,15H,4-7,14,16H2,1-3H3. The lowest BCUT2D eigenvalue weighted by atomic mass is 10.1. The van der Waals surface area contributed by atoms with Gasteiger partial charge in [0.2, 0.25) is 0 Å². The van der Waals surface area contributed by atoms with Gasteiger partial charge in [0.1, 0.15) is 17.3 Å². The molecule has 1 heterocycles. The maximum atomic E-state index is 13.1. The van der Waals surface area contributed by atoms with Crippen LogP contribution in [-0.2, 0) is 0 Å². The van der Waals surface area contributed by atoms with Crippen LogP contribution in [0.3, 0.4) is 0 Å². The third-order valence-corrected chi connectivity index (χ3v) is 5.02. The Morgan fingerprint density at radius 1 is 1.04 bits per heavy atom. The summed E-state index contributed by atoms with van der Waals surface area (Å²) in [5.41, 5.74) is 2.64. The highest BCUT2D eigenvalue weighted by molar-refractivity contribution is 6.08. The molecule has 1 aliphatic heterocycles. The first kappa shape index (κ1) is 19.9. The van der Waals surface area contributed by atoms with E-state index >= 15 is 0 Å². The summed E-state index contributed by atoms with van der Waals surface area (Å²) < 4.78 is 11.0. The summed E-state index contributed by atoms with van der Waals surface area (Å²) in [5, 5.41) is 0. The Balaban J connectivity index is 1.99. The van der Waals surface area contributed by atoms with Crippen LogP contribution in [0.5, 0.6) is 11.5 Å². The zero-order valence-electron chi connectivity index (χ0n) is 16.9. The molecule has 0 atom stereocenters. The van der Waals surface area contributed by atoms with Crippen LogP contribution in [-0.4, -0.2) is 38.9 Å². The number of carbonyl (C=O) groups is 1. The maximum absolute atomic E-state index is 13.1. The molecule has 0 spiro atoms. The van der Waals surface area contributed by atoms with Gasteiger partial charge in [-0.05, 0) is 31.9 Å². The van der Waals surface area contributed by atoms with Crippen molar-refractivity contribution in [2.45, 2.75) is 32.6 Å². The van der Waals surface area contributed by atoms with Gasteiger partial charge < -0.3 is 14.4 Å². The fourth-order valence-electron chi connectivity index (χ4n) is 3.38. The lowest BCUT2D eigenvalue weighted by molar-refractivity contribution is 0.100. The van der Waals surface area contributed by atoms with Crippen molar-refractivity contribution in [3.63, 3.8) is 0 Å². The molecule has 0 aromatic heterocycles. The van der Waals surface area contributed by atoms with E-state index in [0.29, 0.717) is 11.3 Å². The third kappa shape index (κ3) is 4.71. The molecular formula is C23H28N2O3. The SMILES string of the molecule is COc1ccc(OC)c(N(CC(=O)c2ccc(C)cc2)C2=NCCCCC2)c1. The summed E-state index contributed by atoms with van der Waals surface area (Å²) in [6.07, 6.45) is 4.16.